The summed E-state index contributed by atoms with van der Waals surface area (Å²) in [5, 5.41) is 12.9. The Balaban J connectivity index is 2.70. The second-order valence-electron chi connectivity index (χ2n) is 5.47. The van der Waals surface area contributed by atoms with Gasteiger partial charge in [0.2, 0.25) is 0 Å². The van der Waals surface area contributed by atoms with Crippen LogP contribution in [0.15, 0.2) is 0 Å². The SMILES string of the molecule is CCC(CCO)NC1(CN)CCCCC1CC. The molecule has 0 aliphatic heterocycles. The van der Waals surface area contributed by atoms with Gasteiger partial charge in [0, 0.05) is 24.7 Å². The van der Waals surface area contributed by atoms with Gasteiger partial charge in [-0.1, -0.05) is 33.1 Å². The van der Waals surface area contributed by atoms with E-state index in [0.29, 0.717) is 12.0 Å². The van der Waals surface area contributed by atoms with E-state index in [9.17, 15) is 0 Å². The molecule has 0 bridgehead atoms. The van der Waals surface area contributed by atoms with Crippen LogP contribution in [0, 0.1) is 5.92 Å². The predicted octanol–water partition coefficient (Wildman–Crippen LogP) is 2.03. The van der Waals surface area contributed by atoms with Gasteiger partial charge in [-0.3, -0.25) is 0 Å². The smallest absolute Gasteiger partial charge is 0.0445 e. The van der Waals surface area contributed by atoms with Gasteiger partial charge in [-0.2, -0.15) is 0 Å². The molecule has 1 aliphatic carbocycles. The molecule has 1 fully saturated rings. The van der Waals surface area contributed by atoms with Crippen molar-refractivity contribution in [1.29, 1.82) is 0 Å². The van der Waals surface area contributed by atoms with Crippen LogP contribution < -0.4 is 11.1 Å². The third-order valence-corrected chi connectivity index (χ3v) is 4.53. The number of rotatable bonds is 7. The molecule has 102 valence electrons. The lowest BCUT2D eigenvalue weighted by Gasteiger charge is -2.46. The maximum Gasteiger partial charge on any atom is 0.0445 e. The molecular formula is C14H30N2O. The van der Waals surface area contributed by atoms with E-state index < -0.39 is 0 Å². The summed E-state index contributed by atoms with van der Waals surface area (Å²) in [5.41, 5.74) is 6.21. The summed E-state index contributed by atoms with van der Waals surface area (Å²) >= 11 is 0. The van der Waals surface area contributed by atoms with E-state index in [2.05, 4.69) is 19.2 Å². The molecule has 0 aromatic rings. The summed E-state index contributed by atoms with van der Waals surface area (Å²) in [4.78, 5) is 0. The lowest BCUT2D eigenvalue weighted by Crippen LogP contribution is -2.60. The van der Waals surface area contributed by atoms with Crippen LogP contribution in [0.25, 0.3) is 0 Å². The molecule has 17 heavy (non-hydrogen) atoms. The van der Waals surface area contributed by atoms with E-state index in [1.54, 1.807) is 0 Å². The Bertz CT molecular complexity index is 210. The Hall–Kier alpha value is -0.120. The number of hydrogen-bond donors (Lipinski definition) is 3. The molecule has 0 saturated heterocycles. The zero-order valence-electron chi connectivity index (χ0n) is 11.5. The Morgan fingerprint density at radius 3 is 2.71 bits per heavy atom. The molecule has 1 rings (SSSR count). The minimum absolute atomic E-state index is 0.128. The molecule has 3 unspecified atom stereocenters. The van der Waals surface area contributed by atoms with Gasteiger partial charge in [-0.25, -0.2) is 0 Å². The van der Waals surface area contributed by atoms with Crippen LogP contribution in [-0.2, 0) is 0 Å². The standard InChI is InChI=1S/C14H30N2O/c1-3-12-7-5-6-9-14(12,11-15)16-13(4-2)8-10-17/h12-13,16-17H,3-11,15H2,1-2H3. The van der Waals surface area contributed by atoms with E-state index in [1.807, 2.05) is 0 Å². The maximum atomic E-state index is 9.11. The van der Waals surface area contributed by atoms with Crippen molar-refractivity contribution < 1.29 is 5.11 Å². The van der Waals surface area contributed by atoms with Crippen LogP contribution in [0.4, 0.5) is 0 Å². The van der Waals surface area contributed by atoms with Crippen molar-refractivity contribution in [1.82, 2.24) is 5.32 Å². The second kappa shape index (κ2) is 7.34. The first-order chi connectivity index (χ1) is 8.22. The number of aliphatic hydroxyl groups is 1. The molecule has 3 nitrogen and oxygen atoms in total. The summed E-state index contributed by atoms with van der Waals surface area (Å²) in [5.74, 6) is 0.703. The van der Waals surface area contributed by atoms with Crippen molar-refractivity contribution in [3.8, 4) is 0 Å². The van der Waals surface area contributed by atoms with Crippen LogP contribution in [0.5, 0.6) is 0 Å². The van der Waals surface area contributed by atoms with Crippen molar-refractivity contribution in [3.63, 3.8) is 0 Å². The monoisotopic (exact) mass is 242 g/mol. The molecule has 1 aliphatic rings. The highest BCUT2D eigenvalue weighted by Crippen LogP contribution is 2.36. The van der Waals surface area contributed by atoms with Crippen molar-refractivity contribution in [3.05, 3.63) is 0 Å². The number of hydrogen-bond acceptors (Lipinski definition) is 3. The Morgan fingerprint density at radius 1 is 1.41 bits per heavy atom. The van der Waals surface area contributed by atoms with E-state index >= 15 is 0 Å². The second-order valence-corrected chi connectivity index (χ2v) is 5.47. The molecule has 1 saturated carbocycles. The Labute approximate surface area is 106 Å². The number of nitrogens with one attached hydrogen (secondary N) is 1. The lowest BCUT2D eigenvalue weighted by atomic mass is 9.71. The summed E-state index contributed by atoms with van der Waals surface area (Å²) in [6, 6.07) is 0.413. The highest BCUT2D eigenvalue weighted by molar-refractivity contribution is 4.99. The summed E-state index contributed by atoms with van der Waals surface area (Å²) in [7, 11) is 0. The third kappa shape index (κ3) is 3.67. The highest BCUT2D eigenvalue weighted by Gasteiger charge is 2.39. The average Bonchev–Trinajstić information content (AvgIpc) is 2.38. The topological polar surface area (TPSA) is 58.3 Å². The maximum absolute atomic E-state index is 9.11. The summed E-state index contributed by atoms with van der Waals surface area (Å²) in [6.45, 7) is 5.45. The zero-order valence-corrected chi connectivity index (χ0v) is 11.5. The van der Waals surface area contributed by atoms with Crippen LogP contribution in [0.1, 0.15) is 58.8 Å². The fraction of sp³-hybridized carbons (Fsp3) is 1.00. The molecule has 3 heteroatoms. The fourth-order valence-corrected chi connectivity index (χ4v) is 3.36. The third-order valence-electron chi connectivity index (χ3n) is 4.53. The minimum atomic E-state index is 0.128. The van der Waals surface area contributed by atoms with Gasteiger partial charge in [0.05, 0.1) is 0 Å². The normalized spacial score (nSPS) is 31.4. The largest absolute Gasteiger partial charge is 0.396 e. The molecule has 0 heterocycles. The van der Waals surface area contributed by atoms with E-state index in [-0.39, 0.29) is 12.1 Å². The predicted molar refractivity (Wildman–Crippen MR) is 73.0 cm³/mol. The van der Waals surface area contributed by atoms with Gasteiger partial charge in [0.25, 0.3) is 0 Å². The van der Waals surface area contributed by atoms with E-state index in [0.717, 1.165) is 19.4 Å². The van der Waals surface area contributed by atoms with Crippen LogP contribution >= 0.6 is 0 Å². The molecule has 0 amide bonds. The van der Waals surface area contributed by atoms with E-state index in [1.165, 1.54) is 32.1 Å². The fourth-order valence-electron chi connectivity index (χ4n) is 3.36. The molecule has 0 spiro atoms. The van der Waals surface area contributed by atoms with Gasteiger partial charge in [-0.15, -0.1) is 0 Å². The number of aliphatic hydroxyl groups excluding tert-OH is 1. The van der Waals surface area contributed by atoms with Crippen LogP contribution in [0.2, 0.25) is 0 Å². The first-order valence-electron chi connectivity index (χ1n) is 7.31. The van der Waals surface area contributed by atoms with Gasteiger partial charge in [-0.05, 0) is 31.6 Å². The van der Waals surface area contributed by atoms with Crippen molar-refractivity contribution >= 4 is 0 Å². The van der Waals surface area contributed by atoms with Crippen LogP contribution in [-0.4, -0.2) is 29.8 Å². The van der Waals surface area contributed by atoms with Crippen molar-refractivity contribution in [2.75, 3.05) is 13.2 Å². The quantitative estimate of drug-likeness (QED) is 0.640. The molecule has 0 aromatic carbocycles. The molecule has 3 atom stereocenters. The van der Waals surface area contributed by atoms with Crippen molar-refractivity contribution in [2.45, 2.75) is 70.4 Å². The average molecular weight is 242 g/mol. The molecule has 0 radical (unpaired) electrons. The van der Waals surface area contributed by atoms with Crippen molar-refractivity contribution in [2.24, 2.45) is 11.7 Å². The minimum Gasteiger partial charge on any atom is -0.396 e. The molecular weight excluding hydrogens is 212 g/mol. The number of nitrogens with two attached hydrogens (primary N) is 1. The van der Waals surface area contributed by atoms with Gasteiger partial charge < -0.3 is 16.2 Å². The zero-order chi connectivity index (χ0) is 12.7. The first kappa shape index (κ1) is 14.9. The molecule has 0 aromatic heterocycles. The van der Waals surface area contributed by atoms with Gasteiger partial charge in [0.15, 0.2) is 0 Å². The summed E-state index contributed by atoms with van der Waals surface area (Å²) in [6.07, 6.45) is 8.25. The lowest BCUT2D eigenvalue weighted by molar-refractivity contribution is 0.118. The van der Waals surface area contributed by atoms with Gasteiger partial charge in [0.1, 0.15) is 0 Å². The highest BCUT2D eigenvalue weighted by atomic mass is 16.3. The Kier molecular flexibility index (Phi) is 6.45. The Morgan fingerprint density at radius 2 is 2.18 bits per heavy atom. The van der Waals surface area contributed by atoms with E-state index in [4.69, 9.17) is 10.8 Å². The van der Waals surface area contributed by atoms with Crippen LogP contribution in [0.3, 0.4) is 0 Å². The van der Waals surface area contributed by atoms with Gasteiger partial charge >= 0.3 is 0 Å². The summed E-state index contributed by atoms with van der Waals surface area (Å²) < 4.78 is 0. The molecule has 4 N–H and O–H groups in total. The first-order valence-corrected chi connectivity index (χ1v) is 7.31.